The van der Waals surface area contributed by atoms with Crippen LogP contribution in [0.4, 0.5) is 0 Å². The van der Waals surface area contributed by atoms with Gasteiger partial charge in [0.25, 0.3) is 0 Å². The first-order valence-corrected chi connectivity index (χ1v) is 19.3. The third-order valence-corrected chi connectivity index (χ3v) is 12.2. The molecule has 0 saturated carbocycles. The molecule has 0 radical (unpaired) electrons. The molecule has 0 aliphatic rings. The lowest BCUT2D eigenvalue weighted by molar-refractivity contribution is 0.669. The normalized spacial score (nSPS) is 12.0. The summed E-state index contributed by atoms with van der Waals surface area (Å²) < 4.78 is 11.5. The van der Waals surface area contributed by atoms with E-state index in [2.05, 4.69) is 168 Å². The molecule has 5 heteroatoms. The molecule has 256 valence electrons. The second kappa shape index (κ2) is 11.7. The highest BCUT2D eigenvalue weighted by Gasteiger charge is 2.24. The van der Waals surface area contributed by atoms with Gasteiger partial charge in [0.05, 0.1) is 43.6 Å². The molecule has 0 amide bonds. The standard InChI is InChI=1S/C50H29N3OS/c1-3-13-30(14-4-1)34-23-26-44-39(28-34)47-49(55-44)46(31-15-5-2-6-16-31)51-50(52-47)37-24-25-41(45-36-20-10-12-22-43(36)54-48(37)45)53-40-21-11-9-19-35(40)38-27-32-17-7-8-18-33(32)29-42(38)53/h1-29H. The number of hydrogen-bond acceptors (Lipinski definition) is 4. The largest absolute Gasteiger partial charge is 0.455 e. The van der Waals surface area contributed by atoms with Crippen molar-refractivity contribution in [3.05, 3.63) is 176 Å². The molecule has 55 heavy (non-hydrogen) atoms. The van der Waals surface area contributed by atoms with Crippen LogP contribution in [0.1, 0.15) is 0 Å². The summed E-state index contributed by atoms with van der Waals surface area (Å²) in [7, 11) is 0. The molecule has 0 aliphatic carbocycles. The summed E-state index contributed by atoms with van der Waals surface area (Å²) in [5.41, 5.74) is 11.1. The van der Waals surface area contributed by atoms with Gasteiger partial charge in [-0.2, -0.15) is 0 Å². The molecular formula is C50H29N3OS. The summed E-state index contributed by atoms with van der Waals surface area (Å²) in [5, 5.41) is 8.09. The van der Waals surface area contributed by atoms with Gasteiger partial charge in [-0.3, -0.25) is 0 Å². The Labute approximate surface area is 319 Å². The van der Waals surface area contributed by atoms with Crippen molar-refractivity contribution in [1.29, 1.82) is 0 Å². The molecule has 0 spiro atoms. The van der Waals surface area contributed by atoms with Gasteiger partial charge in [0.1, 0.15) is 11.2 Å². The highest BCUT2D eigenvalue weighted by Crippen LogP contribution is 2.45. The minimum Gasteiger partial charge on any atom is -0.455 e. The maximum absolute atomic E-state index is 6.88. The predicted molar refractivity (Wildman–Crippen MR) is 230 cm³/mol. The van der Waals surface area contributed by atoms with Gasteiger partial charge >= 0.3 is 0 Å². The Kier molecular flexibility index (Phi) is 6.47. The van der Waals surface area contributed by atoms with Gasteiger partial charge in [0.2, 0.25) is 0 Å². The van der Waals surface area contributed by atoms with Crippen molar-refractivity contribution in [3.63, 3.8) is 0 Å². The average Bonchev–Trinajstić information content (AvgIpc) is 3.92. The van der Waals surface area contributed by atoms with Gasteiger partial charge in [-0.1, -0.05) is 127 Å². The minimum absolute atomic E-state index is 0.639. The number of aromatic nitrogens is 3. The molecule has 12 rings (SSSR count). The van der Waals surface area contributed by atoms with Crippen LogP contribution in [0.25, 0.3) is 114 Å². The van der Waals surface area contributed by atoms with Crippen LogP contribution in [0.3, 0.4) is 0 Å². The molecule has 4 heterocycles. The van der Waals surface area contributed by atoms with E-state index in [9.17, 15) is 0 Å². The van der Waals surface area contributed by atoms with Gasteiger partial charge in [-0.15, -0.1) is 11.3 Å². The van der Waals surface area contributed by atoms with Gasteiger partial charge < -0.3 is 8.98 Å². The number of benzene rings is 8. The van der Waals surface area contributed by atoms with E-state index in [1.807, 2.05) is 12.1 Å². The van der Waals surface area contributed by atoms with Crippen molar-refractivity contribution < 1.29 is 4.42 Å². The lowest BCUT2D eigenvalue weighted by atomic mass is 10.0. The Morgan fingerprint density at radius 1 is 0.491 bits per heavy atom. The topological polar surface area (TPSA) is 43.9 Å². The summed E-state index contributed by atoms with van der Waals surface area (Å²) in [6, 6.07) is 62.4. The fourth-order valence-electron chi connectivity index (χ4n) is 8.45. The Morgan fingerprint density at radius 2 is 1.20 bits per heavy atom. The molecule has 12 aromatic rings. The summed E-state index contributed by atoms with van der Waals surface area (Å²) >= 11 is 1.75. The number of hydrogen-bond donors (Lipinski definition) is 0. The SMILES string of the molecule is c1ccc(-c2ccc3sc4c(-c5ccccc5)nc(-c5ccc(-n6c7ccccc7c7cc8ccccc8cc76)c6c5oc5ccccc56)nc4c3c2)cc1. The van der Waals surface area contributed by atoms with Gasteiger partial charge in [0, 0.05) is 31.8 Å². The van der Waals surface area contributed by atoms with E-state index in [4.69, 9.17) is 14.4 Å². The summed E-state index contributed by atoms with van der Waals surface area (Å²) in [6.45, 7) is 0. The summed E-state index contributed by atoms with van der Waals surface area (Å²) in [5.74, 6) is 0.639. The fourth-order valence-corrected chi connectivity index (χ4v) is 9.59. The van der Waals surface area contributed by atoms with Crippen LogP contribution >= 0.6 is 11.3 Å². The monoisotopic (exact) mass is 719 g/mol. The van der Waals surface area contributed by atoms with Crippen LogP contribution in [0.5, 0.6) is 0 Å². The zero-order valence-electron chi connectivity index (χ0n) is 29.4. The summed E-state index contributed by atoms with van der Waals surface area (Å²) in [4.78, 5) is 10.8. The molecule has 8 aromatic carbocycles. The molecule has 0 aliphatic heterocycles. The maximum Gasteiger partial charge on any atom is 0.164 e. The van der Waals surface area contributed by atoms with Crippen LogP contribution in [0.15, 0.2) is 180 Å². The van der Waals surface area contributed by atoms with E-state index in [0.717, 1.165) is 76.6 Å². The van der Waals surface area contributed by atoms with E-state index in [1.54, 1.807) is 11.3 Å². The molecule has 0 N–H and O–H groups in total. The molecule has 4 nitrogen and oxygen atoms in total. The van der Waals surface area contributed by atoms with E-state index >= 15 is 0 Å². The number of para-hydroxylation sites is 2. The molecule has 0 bridgehead atoms. The van der Waals surface area contributed by atoms with Crippen molar-refractivity contribution >= 4 is 86.2 Å². The van der Waals surface area contributed by atoms with Crippen LogP contribution in [-0.4, -0.2) is 14.5 Å². The first-order valence-electron chi connectivity index (χ1n) is 18.5. The van der Waals surface area contributed by atoms with Crippen LogP contribution in [-0.2, 0) is 0 Å². The Hall–Kier alpha value is -7.08. The minimum atomic E-state index is 0.639. The molecule has 4 aromatic heterocycles. The second-order valence-electron chi connectivity index (χ2n) is 14.1. The third-order valence-electron chi connectivity index (χ3n) is 11.0. The fraction of sp³-hybridized carbons (Fsp3) is 0. The van der Waals surface area contributed by atoms with Crippen molar-refractivity contribution in [1.82, 2.24) is 14.5 Å². The Morgan fingerprint density at radius 3 is 2.04 bits per heavy atom. The van der Waals surface area contributed by atoms with Crippen molar-refractivity contribution in [2.45, 2.75) is 0 Å². The smallest absolute Gasteiger partial charge is 0.164 e. The summed E-state index contributed by atoms with van der Waals surface area (Å²) in [6.07, 6.45) is 0. The Bertz CT molecular complexity index is 3490. The van der Waals surface area contributed by atoms with Crippen LogP contribution in [0.2, 0.25) is 0 Å². The molecule has 0 saturated heterocycles. The van der Waals surface area contributed by atoms with Crippen LogP contribution in [0, 0.1) is 0 Å². The molecule has 0 atom stereocenters. The molecular weight excluding hydrogens is 691 g/mol. The van der Waals surface area contributed by atoms with Crippen molar-refractivity contribution in [3.8, 4) is 39.5 Å². The predicted octanol–water partition coefficient (Wildman–Crippen LogP) is 14.0. The molecule has 0 unspecified atom stereocenters. The second-order valence-corrected chi connectivity index (χ2v) is 15.2. The zero-order valence-corrected chi connectivity index (χ0v) is 30.2. The van der Waals surface area contributed by atoms with E-state index in [-0.39, 0.29) is 0 Å². The lowest BCUT2D eigenvalue weighted by Crippen LogP contribution is -1.98. The highest BCUT2D eigenvalue weighted by molar-refractivity contribution is 7.26. The van der Waals surface area contributed by atoms with E-state index in [1.165, 1.54) is 31.8 Å². The van der Waals surface area contributed by atoms with Gasteiger partial charge in [-0.25, -0.2) is 9.97 Å². The van der Waals surface area contributed by atoms with Gasteiger partial charge in [-0.05, 0) is 70.4 Å². The van der Waals surface area contributed by atoms with E-state index in [0.29, 0.717) is 5.82 Å². The maximum atomic E-state index is 6.88. The Balaban J connectivity index is 1.17. The van der Waals surface area contributed by atoms with Crippen molar-refractivity contribution in [2.24, 2.45) is 0 Å². The molecule has 0 fully saturated rings. The zero-order chi connectivity index (χ0) is 36.0. The number of fused-ring (bicyclic) bond motifs is 10. The first-order chi connectivity index (χ1) is 27.3. The third kappa shape index (κ3) is 4.57. The van der Waals surface area contributed by atoms with Gasteiger partial charge in [0.15, 0.2) is 5.82 Å². The first kappa shape index (κ1) is 30.4. The number of nitrogens with zero attached hydrogens (tertiary/aromatic N) is 3. The van der Waals surface area contributed by atoms with Crippen molar-refractivity contribution in [2.75, 3.05) is 0 Å². The highest BCUT2D eigenvalue weighted by atomic mass is 32.1. The van der Waals surface area contributed by atoms with E-state index < -0.39 is 0 Å². The lowest BCUT2D eigenvalue weighted by Gasteiger charge is -2.13. The average molecular weight is 720 g/mol. The number of thiophene rings is 1. The quantitative estimate of drug-likeness (QED) is 0.182. The number of furan rings is 1. The van der Waals surface area contributed by atoms with Crippen LogP contribution < -0.4 is 0 Å². The number of rotatable bonds is 4.